The number of aliphatic hydroxyl groups is 1. The fraction of sp³-hybridized carbons (Fsp3) is 0.250. The number of Topliss-reactive ketones (excluding diaryl/α,β-unsaturated/α-hetero) is 1. The van der Waals surface area contributed by atoms with Gasteiger partial charge in [0.1, 0.15) is 5.82 Å². The maximum absolute atomic E-state index is 12.7. The summed E-state index contributed by atoms with van der Waals surface area (Å²) < 4.78 is 5.38. The summed E-state index contributed by atoms with van der Waals surface area (Å²) in [6, 6.07) is 23.3. The fourth-order valence-corrected chi connectivity index (χ4v) is 4.39. The number of pyridine rings is 1. The van der Waals surface area contributed by atoms with Crippen molar-refractivity contribution in [2.75, 3.05) is 18.0 Å². The van der Waals surface area contributed by atoms with E-state index in [1.807, 2.05) is 73.7 Å². The molecule has 6 heteroatoms. The van der Waals surface area contributed by atoms with Crippen molar-refractivity contribution in [3.63, 3.8) is 0 Å². The molecular weight excluding hydrogens is 426 g/mol. The van der Waals surface area contributed by atoms with Gasteiger partial charge in [-0.3, -0.25) is 4.79 Å². The van der Waals surface area contributed by atoms with Gasteiger partial charge in [-0.25, -0.2) is 4.98 Å². The van der Waals surface area contributed by atoms with Gasteiger partial charge in [-0.2, -0.15) is 0 Å². The Balaban J connectivity index is 1.20. The van der Waals surface area contributed by atoms with Crippen molar-refractivity contribution in [2.45, 2.75) is 31.8 Å². The molecule has 5 rings (SSSR count). The molecule has 3 heterocycles. The number of rotatable bonds is 6. The van der Waals surface area contributed by atoms with E-state index in [0.29, 0.717) is 24.3 Å². The molecule has 172 valence electrons. The summed E-state index contributed by atoms with van der Waals surface area (Å²) >= 11 is 0. The van der Waals surface area contributed by atoms with Crippen molar-refractivity contribution >= 4 is 11.6 Å². The zero-order valence-corrected chi connectivity index (χ0v) is 19.1. The van der Waals surface area contributed by atoms with E-state index in [2.05, 4.69) is 15.0 Å². The molecule has 0 radical (unpaired) electrons. The third-order valence-corrected chi connectivity index (χ3v) is 6.53. The summed E-state index contributed by atoms with van der Waals surface area (Å²) in [5.74, 6) is 1.33. The number of piperidine rings is 1. The predicted octanol–water partition coefficient (Wildman–Crippen LogP) is 4.96. The number of carbonyl (C=O) groups excluding carboxylic acids is 1. The van der Waals surface area contributed by atoms with E-state index in [1.54, 1.807) is 12.3 Å². The van der Waals surface area contributed by atoms with Gasteiger partial charge < -0.3 is 14.5 Å². The van der Waals surface area contributed by atoms with Crippen molar-refractivity contribution in [1.82, 2.24) is 10.1 Å². The Hall–Kier alpha value is -3.77. The van der Waals surface area contributed by atoms with E-state index in [4.69, 9.17) is 4.52 Å². The zero-order valence-electron chi connectivity index (χ0n) is 19.1. The molecule has 0 saturated carbocycles. The van der Waals surface area contributed by atoms with Gasteiger partial charge in [0.15, 0.2) is 17.2 Å². The Morgan fingerprint density at radius 1 is 1.03 bits per heavy atom. The van der Waals surface area contributed by atoms with E-state index in [0.717, 1.165) is 41.2 Å². The van der Waals surface area contributed by atoms with Crippen molar-refractivity contribution in [2.24, 2.45) is 0 Å². The normalized spacial score (nSPS) is 15.3. The highest BCUT2D eigenvalue weighted by atomic mass is 16.5. The number of anilines is 1. The average Bonchev–Trinajstić information content (AvgIpc) is 3.37. The molecule has 4 aromatic rings. The van der Waals surface area contributed by atoms with Gasteiger partial charge in [-0.05, 0) is 37.0 Å². The van der Waals surface area contributed by atoms with Crippen molar-refractivity contribution in [3.05, 3.63) is 101 Å². The van der Waals surface area contributed by atoms with Gasteiger partial charge in [0.25, 0.3) is 0 Å². The third kappa shape index (κ3) is 4.63. The summed E-state index contributed by atoms with van der Waals surface area (Å²) in [5.41, 5.74) is 3.37. The second-order valence-electron chi connectivity index (χ2n) is 8.95. The smallest absolute Gasteiger partial charge is 0.189 e. The van der Waals surface area contributed by atoms with Crippen LogP contribution in [0, 0.1) is 6.92 Å². The first-order valence-electron chi connectivity index (χ1n) is 11.5. The first-order chi connectivity index (χ1) is 16.5. The average molecular weight is 454 g/mol. The molecule has 2 aromatic heterocycles. The van der Waals surface area contributed by atoms with Crippen molar-refractivity contribution < 1.29 is 14.4 Å². The molecule has 1 fully saturated rings. The topological polar surface area (TPSA) is 79.5 Å². The standard InChI is InChI=1S/C28H27N3O3/c1-20-7-10-22(11-8-20)26-18-24(30-34-26)25(32)17-21-9-12-27(29-19-21)31-15-13-28(33,14-16-31)23-5-3-2-4-6-23/h2-12,18-19,33H,13-17H2,1H3. The molecule has 0 atom stereocenters. The number of aryl methyl sites for hydroxylation is 1. The van der Waals surface area contributed by atoms with E-state index in [9.17, 15) is 9.90 Å². The number of carbonyl (C=O) groups is 1. The van der Waals surface area contributed by atoms with E-state index in [1.165, 1.54) is 0 Å². The predicted molar refractivity (Wildman–Crippen MR) is 131 cm³/mol. The molecule has 0 unspecified atom stereocenters. The maximum Gasteiger partial charge on any atom is 0.189 e. The van der Waals surface area contributed by atoms with Crippen LogP contribution < -0.4 is 4.90 Å². The molecule has 0 spiro atoms. The number of benzene rings is 2. The molecular formula is C28H27N3O3. The molecule has 0 aliphatic carbocycles. The highest BCUT2D eigenvalue weighted by Gasteiger charge is 2.34. The van der Waals surface area contributed by atoms with Gasteiger partial charge in [0.05, 0.1) is 5.60 Å². The number of hydrogen-bond donors (Lipinski definition) is 1. The van der Waals surface area contributed by atoms with Gasteiger partial charge in [-0.15, -0.1) is 0 Å². The van der Waals surface area contributed by atoms with E-state index in [-0.39, 0.29) is 12.2 Å². The summed E-state index contributed by atoms with van der Waals surface area (Å²) in [6.45, 7) is 3.46. The minimum Gasteiger partial charge on any atom is -0.385 e. The van der Waals surface area contributed by atoms with Crippen molar-refractivity contribution in [3.8, 4) is 11.3 Å². The van der Waals surface area contributed by atoms with Crippen LogP contribution in [0.5, 0.6) is 0 Å². The Bertz CT molecular complexity index is 1260. The molecule has 6 nitrogen and oxygen atoms in total. The third-order valence-electron chi connectivity index (χ3n) is 6.53. The number of nitrogens with zero attached hydrogens (tertiary/aromatic N) is 3. The Morgan fingerprint density at radius 2 is 1.76 bits per heavy atom. The molecule has 1 saturated heterocycles. The van der Waals surface area contributed by atoms with Crippen molar-refractivity contribution in [1.29, 1.82) is 0 Å². The molecule has 1 N–H and O–H groups in total. The second-order valence-corrected chi connectivity index (χ2v) is 8.95. The quantitative estimate of drug-likeness (QED) is 0.416. The van der Waals surface area contributed by atoms with Crippen LogP contribution in [0.2, 0.25) is 0 Å². The first-order valence-corrected chi connectivity index (χ1v) is 11.5. The van der Waals surface area contributed by atoms with Crippen LogP contribution >= 0.6 is 0 Å². The molecule has 0 bridgehead atoms. The van der Waals surface area contributed by atoms with Crippen LogP contribution in [0.15, 0.2) is 83.5 Å². The Labute approximate surface area is 198 Å². The highest BCUT2D eigenvalue weighted by molar-refractivity contribution is 5.96. The Kier molecular flexibility index (Phi) is 5.99. The first kappa shape index (κ1) is 22.0. The lowest BCUT2D eigenvalue weighted by Crippen LogP contribution is -2.42. The molecule has 34 heavy (non-hydrogen) atoms. The lowest BCUT2D eigenvalue weighted by molar-refractivity contribution is 0.0116. The van der Waals surface area contributed by atoms with E-state index < -0.39 is 5.60 Å². The van der Waals surface area contributed by atoms with Crippen LogP contribution in [-0.2, 0) is 12.0 Å². The van der Waals surface area contributed by atoms with Crippen LogP contribution in [0.1, 0.15) is 40.0 Å². The monoisotopic (exact) mass is 453 g/mol. The zero-order chi connectivity index (χ0) is 23.5. The van der Waals surface area contributed by atoms with Gasteiger partial charge in [-0.1, -0.05) is 71.4 Å². The highest BCUT2D eigenvalue weighted by Crippen LogP contribution is 2.34. The minimum absolute atomic E-state index is 0.109. The van der Waals surface area contributed by atoms with Crippen LogP contribution in [0.4, 0.5) is 5.82 Å². The second kappa shape index (κ2) is 9.23. The summed E-state index contributed by atoms with van der Waals surface area (Å²) in [4.78, 5) is 19.5. The van der Waals surface area contributed by atoms with Gasteiger partial charge in [0, 0.05) is 37.3 Å². The Morgan fingerprint density at radius 3 is 2.44 bits per heavy atom. The van der Waals surface area contributed by atoms with Crippen LogP contribution in [0.25, 0.3) is 11.3 Å². The number of aromatic nitrogens is 2. The lowest BCUT2D eigenvalue weighted by Gasteiger charge is -2.39. The molecule has 1 aliphatic rings. The number of hydrogen-bond acceptors (Lipinski definition) is 6. The number of ketones is 1. The summed E-state index contributed by atoms with van der Waals surface area (Å²) in [6.07, 6.45) is 3.25. The molecule has 1 aliphatic heterocycles. The lowest BCUT2D eigenvalue weighted by atomic mass is 9.84. The largest absolute Gasteiger partial charge is 0.385 e. The van der Waals surface area contributed by atoms with Crippen LogP contribution in [-0.4, -0.2) is 34.1 Å². The van der Waals surface area contributed by atoms with Gasteiger partial charge >= 0.3 is 0 Å². The molecule has 0 amide bonds. The van der Waals surface area contributed by atoms with E-state index >= 15 is 0 Å². The molecule has 2 aromatic carbocycles. The minimum atomic E-state index is -0.793. The van der Waals surface area contributed by atoms with Crippen LogP contribution in [0.3, 0.4) is 0 Å². The maximum atomic E-state index is 12.7. The van der Waals surface area contributed by atoms with Gasteiger partial charge in [0.2, 0.25) is 0 Å². The summed E-state index contributed by atoms with van der Waals surface area (Å²) in [7, 11) is 0. The summed E-state index contributed by atoms with van der Waals surface area (Å²) in [5, 5.41) is 15.0. The fourth-order valence-electron chi connectivity index (χ4n) is 4.39. The SMILES string of the molecule is Cc1ccc(-c2cc(C(=O)Cc3ccc(N4CCC(O)(c5ccccc5)CC4)nc3)no2)cc1.